The molecule has 0 fully saturated rings. The Kier molecular flexibility index (Phi) is 4.20. The van der Waals surface area contributed by atoms with Gasteiger partial charge in [-0.1, -0.05) is 18.2 Å². The molecule has 1 aliphatic heterocycles. The van der Waals surface area contributed by atoms with Crippen LogP contribution in [0.2, 0.25) is 0 Å². The van der Waals surface area contributed by atoms with Gasteiger partial charge in [0, 0.05) is 22.9 Å². The minimum absolute atomic E-state index is 0.307. The van der Waals surface area contributed by atoms with E-state index in [1.807, 2.05) is 30.3 Å². The Balaban J connectivity index is 1.72. The van der Waals surface area contributed by atoms with Crippen molar-refractivity contribution in [3.63, 3.8) is 0 Å². The summed E-state index contributed by atoms with van der Waals surface area (Å²) in [6, 6.07) is 15.2. The second kappa shape index (κ2) is 7.01. The second-order valence-electron chi connectivity index (χ2n) is 6.72. The summed E-state index contributed by atoms with van der Waals surface area (Å²) in [4.78, 5) is 21.4. The molecule has 4 aromatic rings. The highest BCUT2D eigenvalue weighted by molar-refractivity contribution is 5.69. The molecule has 0 aliphatic carbocycles. The lowest BCUT2D eigenvalue weighted by atomic mass is 10.1. The lowest BCUT2D eigenvalue weighted by Crippen LogP contribution is -2.25. The smallest absolute Gasteiger partial charge is 0.356 e. The summed E-state index contributed by atoms with van der Waals surface area (Å²) in [5, 5.41) is 0. The maximum absolute atomic E-state index is 13.4. The van der Waals surface area contributed by atoms with Crippen LogP contribution in [0.25, 0.3) is 28.6 Å². The topological polar surface area (TPSA) is 70.2 Å². The molecule has 2 aromatic heterocycles. The van der Waals surface area contributed by atoms with Crippen molar-refractivity contribution in [3.8, 4) is 34.5 Å². The first kappa shape index (κ1) is 17.4. The highest BCUT2D eigenvalue weighted by Gasteiger charge is 2.22. The molecule has 0 unspecified atom stereocenters. The summed E-state index contributed by atoms with van der Waals surface area (Å²) in [5.41, 5.74) is 1.70. The van der Waals surface area contributed by atoms with Gasteiger partial charge in [-0.2, -0.15) is 9.97 Å². The fraction of sp³-hybridized carbons (Fsp3) is 0.136. The van der Waals surface area contributed by atoms with Crippen LogP contribution in [0, 0.1) is 5.82 Å². The molecule has 1 aliphatic rings. The summed E-state index contributed by atoms with van der Waals surface area (Å²) >= 11 is 0. The molecular formula is C22H16FN3O3. The number of halogens is 1. The Hall–Kier alpha value is -3.74. The Morgan fingerprint density at radius 2 is 1.76 bits per heavy atom. The third-order valence-electron chi connectivity index (χ3n) is 4.76. The zero-order valence-corrected chi connectivity index (χ0v) is 15.3. The van der Waals surface area contributed by atoms with Gasteiger partial charge in [-0.05, 0) is 49.2 Å². The van der Waals surface area contributed by atoms with Crippen LogP contribution >= 0.6 is 0 Å². The van der Waals surface area contributed by atoms with Crippen molar-refractivity contribution in [3.05, 3.63) is 82.7 Å². The number of hydrogen-bond donors (Lipinski definition) is 0. The molecule has 7 heteroatoms. The average Bonchev–Trinajstić information content (AvgIpc) is 3.19. The van der Waals surface area contributed by atoms with Crippen molar-refractivity contribution in [1.82, 2.24) is 14.5 Å². The summed E-state index contributed by atoms with van der Waals surface area (Å²) in [5.74, 6) is 1.04. The fourth-order valence-electron chi connectivity index (χ4n) is 3.33. The van der Waals surface area contributed by atoms with Gasteiger partial charge in [0.15, 0.2) is 11.6 Å². The fourth-order valence-corrected chi connectivity index (χ4v) is 3.33. The first-order valence-electron chi connectivity index (χ1n) is 9.27. The lowest BCUT2D eigenvalue weighted by Gasteiger charge is -2.16. The lowest BCUT2D eigenvalue weighted by molar-refractivity contribution is 0.273. The van der Waals surface area contributed by atoms with E-state index in [0.717, 1.165) is 24.0 Å². The van der Waals surface area contributed by atoms with Crippen LogP contribution in [0.3, 0.4) is 0 Å². The minimum Gasteiger partial charge on any atom is -0.477 e. The van der Waals surface area contributed by atoms with Crippen LogP contribution in [0.4, 0.5) is 4.39 Å². The van der Waals surface area contributed by atoms with Crippen LogP contribution in [0.1, 0.15) is 12.0 Å². The molecule has 2 aromatic carbocycles. The normalized spacial score (nSPS) is 13.0. The maximum atomic E-state index is 13.4. The minimum atomic E-state index is -0.512. The second-order valence-corrected chi connectivity index (χ2v) is 6.72. The van der Waals surface area contributed by atoms with Gasteiger partial charge >= 0.3 is 5.69 Å². The SMILES string of the molecule is O=c1nc2c(cn1-c1nc(-c3ccccc3)oc1-c1ccc(F)cc1)CCCO2. The molecule has 6 nitrogen and oxygen atoms in total. The van der Waals surface area contributed by atoms with E-state index >= 15 is 0 Å². The highest BCUT2D eigenvalue weighted by Crippen LogP contribution is 2.32. The standard InChI is InChI=1S/C22H16FN3O3/c23-17-10-8-14(9-11-17)18-19(24-21(29-18)15-5-2-1-3-6-15)26-13-16-7-4-12-28-20(16)25-22(26)27/h1-3,5-6,8-11,13H,4,7,12H2. The number of oxazole rings is 1. The third-order valence-corrected chi connectivity index (χ3v) is 4.76. The van der Waals surface area contributed by atoms with Gasteiger partial charge in [-0.25, -0.2) is 13.8 Å². The third kappa shape index (κ3) is 3.20. The summed E-state index contributed by atoms with van der Waals surface area (Å²) in [6.45, 7) is 0.548. The quantitative estimate of drug-likeness (QED) is 0.529. The van der Waals surface area contributed by atoms with Crippen molar-refractivity contribution in [1.29, 1.82) is 0 Å². The average molecular weight is 389 g/mol. The molecule has 0 saturated carbocycles. The largest absolute Gasteiger partial charge is 0.477 e. The van der Waals surface area contributed by atoms with E-state index in [1.165, 1.54) is 16.7 Å². The summed E-state index contributed by atoms with van der Waals surface area (Å²) in [7, 11) is 0. The first-order chi connectivity index (χ1) is 14.2. The number of aryl methyl sites for hydroxylation is 1. The van der Waals surface area contributed by atoms with Crippen molar-refractivity contribution < 1.29 is 13.5 Å². The predicted molar refractivity (Wildman–Crippen MR) is 105 cm³/mol. The number of rotatable bonds is 3. The van der Waals surface area contributed by atoms with Crippen LogP contribution in [0.5, 0.6) is 5.88 Å². The molecule has 0 atom stereocenters. The van der Waals surface area contributed by atoms with E-state index in [9.17, 15) is 9.18 Å². The Morgan fingerprint density at radius 1 is 0.966 bits per heavy atom. The molecule has 0 saturated heterocycles. The number of ether oxygens (including phenoxy) is 1. The molecule has 0 bridgehead atoms. The van der Waals surface area contributed by atoms with E-state index in [2.05, 4.69) is 9.97 Å². The van der Waals surface area contributed by atoms with Crippen molar-refractivity contribution in [2.24, 2.45) is 0 Å². The number of aromatic nitrogens is 3. The first-order valence-corrected chi connectivity index (χ1v) is 9.27. The van der Waals surface area contributed by atoms with Crippen LogP contribution < -0.4 is 10.4 Å². The Bertz CT molecular complexity index is 1230. The van der Waals surface area contributed by atoms with Crippen LogP contribution in [0.15, 0.2) is 70.0 Å². The van der Waals surface area contributed by atoms with E-state index in [0.29, 0.717) is 35.5 Å². The maximum Gasteiger partial charge on any atom is 0.356 e. The molecule has 0 amide bonds. The highest BCUT2D eigenvalue weighted by atomic mass is 19.1. The van der Waals surface area contributed by atoms with Gasteiger partial charge in [0.05, 0.1) is 6.61 Å². The van der Waals surface area contributed by atoms with Crippen LogP contribution in [-0.4, -0.2) is 21.1 Å². The molecule has 29 heavy (non-hydrogen) atoms. The predicted octanol–water partition coefficient (Wildman–Crippen LogP) is 4.02. The van der Waals surface area contributed by atoms with Gasteiger partial charge in [0.2, 0.25) is 11.8 Å². The monoisotopic (exact) mass is 389 g/mol. The van der Waals surface area contributed by atoms with Crippen LogP contribution in [-0.2, 0) is 6.42 Å². The van der Waals surface area contributed by atoms with Gasteiger partial charge in [-0.3, -0.25) is 0 Å². The zero-order valence-electron chi connectivity index (χ0n) is 15.3. The number of hydrogen-bond acceptors (Lipinski definition) is 5. The summed E-state index contributed by atoms with van der Waals surface area (Å²) < 4.78 is 26.3. The molecule has 0 N–H and O–H groups in total. The van der Waals surface area contributed by atoms with E-state index in [4.69, 9.17) is 9.15 Å². The van der Waals surface area contributed by atoms with Crippen molar-refractivity contribution in [2.45, 2.75) is 12.8 Å². The van der Waals surface area contributed by atoms with Gasteiger partial charge < -0.3 is 9.15 Å². The molecule has 144 valence electrons. The summed E-state index contributed by atoms with van der Waals surface area (Å²) in [6.07, 6.45) is 3.31. The molecular weight excluding hydrogens is 373 g/mol. The van der Waals surface area contributed by atoms with E-state index < -0.39 is 5.69 Å². The number of nitrogens with zero attached hydrogens (tertiary/aromatic N) is 3. The van der Waals surface area contributed by atoms with E-state index in [1.54, 1.807) is 18.3 Å². The van der Waals surface area contributed by atoms with Gasteiger partial charge in [0.25, 0.3) is 0 Å². The number of benzene rings is 2. The van der Waals surface area contributed by atoms with Gasteiger partial charge in [0.1, 0.15) is 5.82 Å². The Labute approximate surface area is 165 Å². The Morgan fingerprint density at radius 3 is 2.55 bits per heavy atom. The molecule has 5 rings (SSSR count). The van der Waals surface area contributed by atoms with E-state index in [-0.39, 0.29) is 5.82 Å². The van der Waals surface area contributed by atoms with Crippen molar-refractivity contribution >= 4 is 0 Å². The molecule has 3 heterocycles. The van der Waals surface area contributed by atoms with Crippen molar-refractivity contribution in [2.75, 3.05) is 6.61 Å². The molecule has 0 spiro atoms. The molecule has 0 radical (unpaired) electrons. The zero-order chi connectivity index (χ0) is 19.8. The number of fused-ring (bicyclic) bond motifs is 1. The van der Waals surface area contributed by atoms with Gasteiger partial charge in [-0.15, -0.1) is 0 Å².